The van der Waals surface area contributed by atoms with Crippen LogP contribution in [-0.2, 0) is 12.9 Å². The minimum atomic E-state index is -4.38. The number of hydrogen-bond acceptors (Lipinski definition) is 3. The first kappa shape index (κ1) is 12.3. The van der Waals surface area contributed by atoms with Crippen molar-refractivity contribution in [3.05, 3.63) is 42.2 Å². The van der Waals surface area contributed by atoms with Crippen LogP contribution >= 0.6 is 0 Å². The van der Waals surface area contributed by atoms with Gasteiger partial charge in [-0.3, -0.25) is 0 Å². The van der Waals surface area contributed by atoms with E-state index in [2.05, 4.69) is 5.10 Å². The SMILES string of the molecule is Nc1cnn(COc2cccc(C(F)(F)F)c2)c1. The maximum absolute atomic E-state index is 12.4. The van der Waals surface area contributed by atoms with E-state index in [1.165, 1.54) is 29.2 Å². The van der Waals surface area contributed by atoms with Crippen LogP contribution in [0.1, 0.15) is 5.56 Å². The molecule has 0 unspecified atom stereocenters. The van der Waals surface area contributed by atoms with Gasteiger partial charge < -0.3 is 10.5 Å². The second-order valence-corrected chi connectivity index (χ2v) is 3.61. The smallest absolute Gasteiger partial charge is 0.416 e. The largest absolute Gasteiger partial charge is 0.471 e. The summed E-state index contributed by atoms with van der Waals surface area (Å²) in [7, 11) is 0. The fourth-order valence-electron chi connectivity index (χ4n) is 1.35. The minimum absolute atomic E-state index is 0.00148. The molecule has 0 saturated carbocycles. The molecule has 0 spiro atoms. The van der Waals surface area contributed by atoms with Gasteiger partial charge in [-0.15, -0.1) is 0 Å². The lowest BCUT2D eigenvalue weighted by atomic mass is 10.2. The second kappa shape index (κ2) is 4.59. The molecule has 0 bridgehead atoms. The molecule has 96 valence electrons. The molecule has 18 heavy (non-hydrogen) atoms. The summed E-state index contributed by atoms with van der Waals surface area (Å²) in [5.41, 5.74) is 5.15. The first-order chi connectivity index (χ1) is 8.45. The Balaban J connectivity index is 2.06. The molecule has 0 atom stereocenters. The van der Waals surface area contributed by atoms with Gasteiger partial charge in [0, 0.05) is 0 Å². The fraction of sp³-hybridized carbons (Fsp3) is 0.182. The van der Waals surface area contributed by atoms with Gasteiger partial charge in [0.15, 0.2) is 6.73 Å². The molecule has 0 fully saturated rings. The summed E-state index contributed by atoms with van der Waals surface area (Å²) in [4.78, 5) is 0. The third kappa shape index (κ3) is 2.93. The molecule has 7 heteroatoms. The van der Waals surface area contributed by atoms with E-state index in [1.54, 1.807) is 0 Å². The Morgan fingerprint density at radius 3 is 2.72 bits per heavy atom. The average molecular weight is 257 g/mol. The van der Waals surface area contributed by atoms with Crippen LogP contribution in [0, 0.1) is 0 Å². The summed E-state index contributed by atoms with van der Waals surface area (Å²) >= 11 is 0. The van der Waals surface area contributed by atoms with Crippen LogP contribution in [-0.4, -0.2) is 9.78 Å². The molecule has 0 aliphatic heterocycles. The third-order valence-electron chi connectivity index (χ3n) is 2.18. The lowest BCUT2D eigenvalue weighted by molar-refractivity contribution is -0.137. The molecule has 0 saturated heterocycles. The van der Waals surface area contributed by atoms with Crippen molar-refractivity contribution in [2.24, 2.45) is 0 Å². The minimum Gasteiger partial charge on any atom is -0.471 e. The molecular formula is C11H10F3N3O. The Morgan fingerprint density at radius 1 is 1.33 bits per heavy atom. The molecule has 2 N–H and O–H groups in total. The summed E-state index contributed by atoms with van der Waals surface area (Å²) in [6.07, 6.45) is -1.43. The van der Waals surface area contributed by atoms with Crippen LogP contribution in [0.4, 0.5) is 18.9 Å². The number of rotatable bonds is 3. The van der Waals surface area contributed by atoms with Crippen molar-refractivity contribution in [1.29, 1.82) is 0 Å². The van der Waals surface area contributed by atoms with Crippen LogP contribution in [0.2, 0.25) is 0 Å². The molecule has 0 aliphatic rings. The van der Waals surface area contributed by atoms with Crippen molar-refractivity contribution in [3.63, 3.8) is 0 Å². The van der Waals surface area contributed by atoms with Gasteiger partial charge in [-0.05, 0) is 18.2 Å². The number of nitrogen functional groups attached to an aromatic ring is 1. The van der Waals surface area contributed by atoms with Crippen LogP contribution in [0.5, 0.6) is 5.75 Å². The Kier molecular flexibility index (Phi) is 3.14. The number of nitrogens with two attached hydrogens (primary N) is 1. The van der Waals surface area contributed by atoms with Gasteiger partial charge in [0.25, 0.3) is 0 Å². The molecular weight excluding hydrogens is 247 g/mol. The number of alkyl halides is 3. The highest BCUT2D eigenvalue weighted by atomic mass is 19.4. The van der Waals surface area contributed by atoms with E-state index < -0.39 is 11.7 Å². The van der Waals surface area contributed by atoms with Crippen molar-refractivity contribution < 1.29 is 17.9 Å². The van der Waals surface area contributed by atoms with Crippen LogP contribution in [0.15, 0.2) is 36.7 Å². The monoisotopic (exact) mass is 257 g/mol. The number of hydrogen-bond donors (Lipinski definition) is 1. The standard InChI is InChI=1S/C11H10F3N3O/c12-11(13,14)8-2-1-3-10(4-8)18-7-17-6-9(15)5-16-17/h1-6H,7,15H2. The zero-order valence-electron chi connectivity index (χ0n) is 9.19. The van der Waals surface area contributed by atoms with E-state index in [-0.39, 0.29) is 12.5 Å². The number of nitrogens with zero attached hydrogens (tertiary/aromatic N) is 2. The molecule has 0 radical (unpaired) electrons. The van der Waals surface area contributed by atoms with Crippen LogP contribution in [0.25, 0.3) is 0 Å². The molecule has 1 aromatic heterocycles. The molecule has 4 nitrogen and oxygen atoms in total. The molecule has 1 aromatic carbocycles. The predicted molar refractivity (Wildman–Crippen MR) is 58.7 cm³/mol. The van der Waals surface area contributed by atoms with Crippen molar-refractivity contribution in [1.82, 2.24) is 9.78 Å². The molecule has 1 heterocycles. The maximum Gasteiger partial charge on any atom is 0.416 e. The summed E-state index contributed by atoms with van der Waals surface area (Å²) < 4.78 is 43.9. The number of anilines is 1. The molecule has 2 aromatic rings. The quantitative estimate of drug-likeness (QED) is 0.919. The summed E-state index contributed by atoms with van der Waals surface area (Å²) in [6.45, 7) is -0.00148. The van der Waals surface area contributed by atoms with E-state index in [0.717, 1.165) is 12.1 Å². The van der Waals surface area contributed by atoms with E-state index in [9.17, 15) is 13.2 Å². The lowest BCUT2D eigenvalue weighted by Crippen LogP contribution is -2.08. The highest BCUT2D eigenvalue weighted by Gasteiger charge is 2.30. The van der Waals surface area contributed by atoms with Crippen molar-refractivity contribution >= 4 is 5.69 Å². The van der Waals surface area contributed by atoms with Crippen molar-refractivity contribution in [3.8, 4) is 5.75 Å². The molecule has 0 amide bonds. The van der Waals surface area contributed by atoms with Crippen molar-refractivity contribution in [2.45, 2.75) is 12.9 Å². The molecule has 0 aliphatic carbocycles. The van der Waals surface area contributed by atoms with Crippen molar-refractivity contribution in [2.75, 3.05) is 5.73 Å². The van der Waals surface area contributed by atoms with Crippen LogP contribution in [0.3, 0.4) is 0 Å². The van der Waals surface area contributed by atoms with Gasteiger partial charge in [0.05, 0.1) is 23.6 Å². The highest BCUT2D eigenvalue weighted by molar-refractivity contribution is 5.31. The first-order valence-electron chi connectivity index (χ1n) is 5.03. The van der Waals surface area contributed by atoms with E-state index in [0.29, 0.717) is 5.69 Å². The summed E-state index contributed by atoms with van der Waals surface area (Å²) in [6, 6.07) is 4.66. The van der Waals surface area contributed by atoms with E-state index in [1.807, 2.05) is 0 Å². The Hall–Kier alpha value is -2.18. The zero-order chi connectivity index (χ0) is 13.2. The van der Waals surface area contributed by atoms with Gasteiger partial charge in [-0.25, -0.2) is 4.68 Å². The Bertz CT molecular complexity index is 536. The van der Waals surface area contributed by atoms with E-state index in [4.69, 9.17) is 10.5 Å². The average Bonchev–Trinajstić information content (AvgIpc) is 2.72. The number of ether oxygens (including phenoxy) is 1. The topological polar surface area (TPSA) is 53.1 Å². The Labute approximate surface area is 101 Å². The number of benzene rings is 1. The van der Waals surface area contributed by atoms with Gasteiger partial charge in [0.2, 0.25) is 0 Å². The summed E-state index contributed by atoms with van der Waals surface area (Å²) in [5, 5.41) is 3.85. The second-order valence-electron chi connectivity index (χ2n) is 3.61. The third-order valence-corrected chi connectivity index (χ3v) is 2.18. The fourth-order valence-corrected chi connectivity index (χ4v) is 1.35. The lowest BCUT2D eigenvalue weighted by Gasteiger charge is -2.10. The summed E-state index contributed by atoms with van der Waals surface area (Å²) in [5.74, 6) is 0.124. The van der Waals surface area contributed by atoms with E-state index >= 15 is 0 Å². The van der Waals surface area contributed by atoms with Crippen LogP contribution < -0.4 is 10.5 Å². The van der Waals surface area contributed by atoms with Gasteiger partial charge in [-0.1, -0.05) is 6.07 Å². The highest BCUT2D eigenvalue weighted by Crippen LogP contribution is 2.31. The maximum atomic E-state index is 12.4. The van der Waals surface area contributed by atoms with Gasteiger partial charge in [0.1, 0.15) is 5.75 Å². The predicted octanol–water partition coefficient (Wildman–Crippen LogP) is 2.52. The molecule has 2 rings (SSSR count). The number of halogens is 3. The first-order valence-corrected chi connectivity index (χ1v) is 5.03. The number of aromatic nitrogens is 2. The zero-order valence-corrected chi connectivity index (χ0v) is 9.19. The van der Waals surface area contributed by atoms with Gasteiger partial charge >= 0.3 is 6.18 Å². The van der Waals surface area contributed by atoms with Gasteiger partial charge in [-0.2, -0.15) is 18.3 Å². The Morgan fingerprint density at radius 2 is 2.11 bits per heavy atom. The normalized spacial score (nSPS) is 11.5.